The van der Waals surface area contributed by atoms with E-state index in [9.17, 15) is 9.59 Å². The second kappa shape index (κ2) is 7.31. The Labute approximate surface area is 158 Å². The van der Waals surface area contributed by atoms with E-state index in [-0.39, 0.29) is 19.1 Å². The van der Waals surface area contributed by atoms with Crippen molar-refractivity contribution in [3.05, 3.63) is 34.5 Å². The molecule has 26 heavy (non-hydrogen) atoms. The number of halogens is 1. The normalized spacial score (nSPS) is 17.0. The van der Waals surface area contributed by atoms with Crippen LogP contribution in [0.5, 0.6) is 0 Å². The van der Waals surface area contributed by atoms with Crippen molar-refractivity contribution in [1.29, 1.82) is 0 Å². The van der Waals surface area contributed by atoms with Gasteiger partial charge in [0.05, 0.1) is 13.2 Å². The molecule has 0 aliphatic heterocycles. The lowest BCUT2D eigenvalue weighted by Gasteiger charge is -2.35. The number of ether oxygens (including phenoxy) is 2. The number of carbonyl (C=O) groups excluding carboxylic acids is 2. The van der Waals surface area contributed by atoms with Crippen molar-refractivity contribution in [2.75, 3.05) is 13.2 Å². The van der Waals surface area contributed by atoms with Crippen molar-refractivity contribution in [2.24, 2.45) is 11.3 Å². The van der Waals surface area contributed by atoms with Crippen LogP contribution in [0.25, 0.3) is 10.9 Å². The molecule has 0 amide bonds. The Morgan fingerprint density at radius 2 is 1.88 bits per heavy atom. The lowest BCUT2D eigenvalue weighted by molar-refractivity contribution is -0.175. The number of benzene rings is 1. The monoisotopic (exact) mass is 377 g/mol. The van der Waals surface area contributed by atoms with Crippen LogP contribution in [-0.4, -0.2) is 30.1 Å². The van der Waals surface area contributed by atoms with E-state index in [0.717, 1.165) is 23.0 Å². The number of hydrogen-bond donors (Lipinski definition) is 1. The van der Waals surface area contributed by atoms with Crippen LogP contribution in [0, 0.1) is 11.3 Å². The first-order valence-corrected chi connectivity index (χ1v) is 9.43. The predicted octanol–water partition coefficient (Wildman–Crippen LogP) is 4.06. The molecule has 0 spiro atoms. The van der Waals surface area contributed by atoms with Crippen molar-refractivity contribution < 1.29 is 19.1 Å². The Kier molecular flexibility index (Phi) is 5.28. The van der Waals surface area contributed by atoms with Crippen molar-refractivity contribution >= 4 is 34.4 Å². The zero-order chi connectivity index (χ0) is 18.9. The van der Waals surface area contributed by atoms with Crippen LogP contribution in [0.4, 0.5) is 0 Å². The first-order valence-electron chi connectivity index (χ1n) is 9.05. The Morgan fingerprint density at radius 3 is 2.50 bits per heavy atom. The van der Waals surface area contributed by atoms with Gasteiger partial charge in [0.1, 0.15) is 0 Å². The van der Waals surface area contributed by atoms with E-state index in [0.29, 0.717) is 17.9 Å². The fourth-order valence-corrected chi connectivity index (χ4v) is 4.05. The lowest BCUT2D eigenvalue weighted by atomic mass is 9.69. The van der Waals surface area contributed by atoms with Crippen LogP contribution in [0.15, 0.2) is 18.2 Å². The van der Waals surface area contributed by atoms with Crippen molar-refractivity contribution in [3.63, 3.8) is 0 Å². The van der Waals surface area contributed by atoms with Gasteiger partial charge in [-0.1, -0.05) is 11.6 Å². The zero-order valence-electron chi connectivity index (χ0n) is 15.4. The van der Waals surface area contributed by atoms with Gasteiger partial charge in [-0.05, 0) is 69.7 Å². The predicted molar refractivity (Wildman–Crippen MR) is 100 cm³/mol. The van der Waals surface area contributed by atoms with E-state index >= 15 is 0 Å². The first kappa shape index (κ1) is 18.8. The largest absolute Gasteiger partial charge is 0.465 e. The number of hydrogen-bond acceptors (Lipinski definition) is 4. The van der Waals surface area contributed by atoms with E-state index in [1.54, 1.807) is 20.8 Å². The molecule has 6 heteroatoms. The number of aryl methyl sites for hydroxylation is 1. The van der Waals surface area contributed by atoms with Gasteiger partial charge in [0, 0.05) is 21.6 Å². The number of nitrogens with one attached hydrogen (secondary N) is 1. The molecule has 0 saturated heterocycles. The highest BCUT2D eigenvalue weighted by Crippen LogP contribution is 2.42. The van der Waals surface area contributed by atoms with E-state index in [1.807, 2.05) is 18.2 Å². The van der Waals surface area contributed by atoms with Crippen LogP contribution in [0.3, 0.4) is 0 Å². The van der Waals surface area contributed by atoms with E-state index in [2.05, 4.69) is 4.98 Å². The van der Waals surface area contributed by atoms with E-state index in [4.69, 9.17) is 21.1 Å². The Balaban J connectivity index is 1.96. The van der Waals surface area contributed by atoms with Gasteiger partial charge in [-0.25, -0.2) is 0 Å². The van der Waals surface area contributed by atoms with Gasteiger partial charge in [0.2, 0.25) is 0 Å². The van der Waals surface area contributed by atoms with Gasteiger partial charge >= 0.3 is 11.9 Å². The van der Waals surface area contributed by atoms with Gasteiger partial charge in [0.25, 0.3) is 0 Å². The summed E-state index contributed by atoms with van der Waals surface area (Å²) >= 11 is 6.14. The minimum absolute atomic E-state index is 0.184. The average molecular weight is 378 g/mol. The van der Waals surface area contributed by atoms with E-state index < -0.39 is 17.4 Å². The highest BCUT2D eigenvalue weighted by molar-refractivity contribution is 6.31. The molecule has 1 aromatic carbocycles. The molecular weight excluding hydrogens is 354 g/mol. The molecule has 1 N–H and O–H groups in total. The Hall–Kier alpha value is -2.01. The molecule has 1 aliphatic rings. The molecule has 0 saturated carbocycles. The molecule has 1 unspecified atom stereocenters. The molecule has 1 heterocycles. The minimum Gasteiger partial charge on any atom is -0.465 e. The maximum atomic E-state index is 12.7. The second-order valence-electron chi connectivity index (χ2n) is 6.86. The molecule has 1 aliphatic carbocycles. The molecule has 3 rings (SSSR count). The molecular formula is C20H24ClNO4. The summed E-state index contributed by atoms with van der Waals surface area (Å²) in [6.45, 7) is 5.60. The minimum atomic E-state index is -1.31. The molecule has 0 fully saturated rings. The molecule has 2 aromatic rings. The zero-order valence-corrected chi connectivity index (χ0v) is 16.1. The van der Waals surface area contributed by atoms with Gasteiger partial charge in [-0.15, -0.1) is 0 Å². The summed E-state index contributed by atoms with van der Waals surface area (Å²) in [5, 5.41) is 1.81. The number of carbonyl (C=O) groups is 2. The number of H-pyrrole nitrogens is 1. The van der Waals surface area contributed by atoms with Gasteiger partial charge in [-0.2, -0.15) is 0 Å². The summed E-state index contributed by atoms with van der Waals surface area (Å²) in [6, 6.07) is 5.77. The fraction of sp³-hybridized carbons (Fsp3) is 0.500. The van der Waals surface area contributed by atoms with Gasteiger partial charge < -0.3 is 14.5 Å². The van der Waals surface area contributed by atoms with Gasteiger partial charge in [0.15, 0.2) is 5.41 Å². The number of rotatable bonds is 5. The standard InChI is InChI=1S/C20H24ClNO4/c1-4-25-18(23)20(3,19(24)26-5-2)12-6-8-14-15-11-13(21)7-9-16(15)22-17(14)10-12/h7,9,11-12,22H,4-6,8,10H2,1-3H3. The Morgan fingerprint density at radius 1 is 1.23 bits per heavy atom. The van der Waals surface area contributed by atoms with Crippen LogP contribution in [0.2, 0.25) is 5.02 Å². The van der Waals surface area contributed by atoms with Crippen LogP contribution in [-0.2, 0) is 31.9 Å². The number of esters is 2. The topological polar surface area (TPSA) is 68.4 Å². The number of aromatic nitrogens is 1. The molecule has 5 nitrogen and oxygen atoms in total. The summed E-state index contributed by atoms with van der Waals surface area (Å²) in [5.74, 6) is -1.20. The third-order valence-corrected chi connectivity index (χ3v) is 5.60. The maximum Gasteiger partial charge on any atom is 0.323 e. The van der Waals surface area contributed by atoms with Crippen molar-refractivity contribution in [3.8, 4) is 0 Å². The molecule has 0 bridgehead atoms. The third kappa shape index (κ3) is 3.09. The maximum absolute atomic E-state index is 12.7. The summed E-state index contributed by atoms with van der Waals surface area (Å²) in [7, 11) is 0. The smallest absolute Gasteiger partial charge is 0.323 e. The molecule has 1 aromatic heterocycles. The van der Waals surface area contributed by atoms with Crippen LogP contribution >= 0.6 is 11.6 Å². The number of aromatic amines is 1. The highest BCUT2D eigenvalue weighted by Gasteiger charge is 2.51. The molecule has 140 valence electrons. The Bertz CT molecular complexity index is 824. The quantitative estimate of drug-likeness (QED) is 0.630. The summed E-state index contributed by atoms with van der Waals surface area (Å²) in [5.41, 5.74) is 1.99. The second-order valence-corrected chi connectivity index (χ2v) is 7.29. The van der Waals surface area contributed by atoms with Gasteiger partial charge in [-0.3, -0.25) is 9.59 Å². The summed E-state index contributed by atoms with van der Waals surface area (Å²) < 4.78 is 10.4. The average Bonchev–Trinajstić information content (AvgIpc) is 2.98. The molecule has 0 radical (unpaired) electrons. The van der Waals surface area contributed by atoms with Crippen molar-refractivity contribution in [1.82, 2.24) is 4.98 Å². The summed E-state index contributed by atoms with van der Waals surface area (Å²) in [6.07, 6.45) is 2.07. The first-order chi connectivity index (χ1) is 12.4. The highest BCUT2D eigenvalue weighted by atomic mass is 35.5. The SMILES string of the molecule is CCOC(=O)C(C)(C(=O)OCC)C1CCc2c([nH]c3ccc(Cl)cc23)C1. The molecule has 1 atom stereocenters. The summed E-state index contributed by atoms with van der Waals surface area (Å²) in [4.78, 5) is 28.7. The lowest BCUT2D eigenvalue weighted by Crippen LogP contribution is -2.47. The van der Waals surface area contributed by atoms with Crippen LogP contribution in [0.1, 0.15) is 38.4 Å². The van der Waals surface area contributed by atoms with Crippen LogP contribution < -0.4 is 0 Å². The fourth-order valence-electron chi connectivity index (χ4n) is 3.87. The van der Waals surface area contributed by atoms with E-state index in [1.165, 1.54) is 5.56 Å². The number of fused-ring (bicyclic) bond motifs is 3. The van der Waals surface area contributed by atoms with Crippen molar-refractivity contribution in [2.45, 2.75) is 40.0 Å². The third-order valence-electron chi connectivity index (χ3n) is 5.37.